The quantitative estimate of drug-likeness (QED) is 0.400. The minimum Gasteiger partial charge on any atom is -0.497 e. The number of amides is 1. The minimum absolute atomic E-state index is 0.106. The fourth-order valence-corrected chi connectivity index (χ4v) is 3.52. The molecule has 1 amide bonds. The molecular formula is C26H25N3O4. The molecule has 0 atom stereocenters. The van der Waals surface area contributed by atoms with Crippen LogP contribution in [0.2, 0.25) is 0 Å². The number of benzene rings is 3. The van der Waals surface area contributed by atoms with E-state index in [0.29, 0.717) is 35.4 Å². The van der Waals surface area contributed by atoms with Gasteiger partial charge in [0.05, 0.1) is 14.2 Å². The number of aryl methyl sites for hydroxylation is 1. The fraction of sp³-hybridized carbons (Fsp3) is 0.192. The smallest absolute Gasteiger partial charge is 0.253 e. The monoisotopic (exact) mass is 443 g/mol. The molecule has 3 aromatic carbocycles. The summed E-state index contributed by atoms with van der Waals surface area (Å²) in [5, 5.41) is 8.31. The zero-order chi connectivity index (χ0) is 23.4. The summed E-state index contributed by atoms with van der Waals surface area (Å²) in [6.07, 6.45) is 0. The number of hydrogen-bond acceptors (Lipinski definition) is 6. The molecular weight excluding hydrogens is 418 g/mol. The number of nitrogens with zero attached hydrogens (tertiary/aromatic N) is 3. The number of carbonyl (C=O) groups excluding carboxylic acids is 1. The maximum absolute atomic E-state index is 12.9. The first-order valence-electron chi connectivity index (χ1n) is 10.5. The molecule has 0 aliphatic carbocycles. The van der Waals surface area contributed by atoms with Crippen LogP contribution in [0.3, 0.4) is 0 Å². The fourth-order valence-electron chi connectivity index (χ4n) is 3.52. The normalized spacial score (nSPS) is 10.7. The molecule has 1 aromatic heterocycles. The highest BCUT2D eigenvalue weighted by molar-refractivity contribution is 5.94. The molecule has 4 aromatic rings. The van der Waals surface area contributed by atoms with Crippen molar-refractivity contribution in [1.82, 2.24) is 15.1 Å². The summed E-state index contributed by atoms with van der Waals surface area (Å²) in [5.74, 6) is 2.13. The molecule has 0 saturated heterocycles. The van der Waals surface area contributed by atoms with Gasteiger partial charge in [0.25, 0.3) is 5.91 Å². The average Bonchev–Trinajstić information content (AvgIpc) is 3.34. The lowest BCUT2D eigenvalue weighted by Crippen LogP contribution is -2.26. The largest absolute Gasteiger partial charge is 0.497 e. The molecule has 0 fully saturated rings. The Kier molecular flexibility index (Phi) is 6.40. The summed E-state index contributed by atoms with van der Waals surface area (Å²) >= 11 is 0. The van der Waals surface area contributed by atoms with Crippen molar-refractivity contribution < 1.29 is 18.7 Å². The summed E-state index contributed by atoms with van der Waals surface area (Å²) in [5.41, 5.74) is 4.19. The van der Waals surface area contributed by atoms with Crippen LogP contribution in [-0.4, -0.2) is 42.3 Å². The molecule has 0 aliphatic rings. The van der Waals surface area contributed by atoms with Crippen LogP contribution in [-0.2, 0) is 6.54 Å². The van der Waals surface area contributed by atoms with Crippen LogP contribution in [0.25, 0.3) is 22.9 Å². The predicted octanol–water partition coefficient (Wildman–Crippen LogP) is 5.00. The summed E-state index contributed by atoms with van der Waals surface area (Å²) in [7, 11) is 4.96. The van der Waals surface area contributed by atoms with Crippen LogP contribution in [0, 0.1) is 6.92 Å². The van der Waals surface area contributed by atoms with Crippen molar-refractivity contribution >= 4 is 5.91 Å². The van der Waals surface area contributed by atoms with Crippen LogP contribution >= 0.6 is 0 Å². The van der Waals surface area contributed by atoms with Crippen molar-refractivity contribution in [3.8, 4) is 34.4 Å². The Morgan fingerprint density at radius 2 is 1.64 bits per heavy atom. The molecule has 33 heavy (non-hydrogen) atoms. The summed E-state index contributed by atoms with van der Waals surface area (Å²) in [6, 6.07) is 20.6. The minimum atomic E-state index is -0.106. The van der Waals surface area contributed by atoms with Gasteiger partial charge in [-0.2, -0.15) is 0 Å². The van der Waals surface area contributed by atoms with E-state index in [1.165, 1.54) is 0 Å². The molecule has 168 valence electrons. The van der Waals surface area contributed by atoms with Crippen LogP contribution in [0.4, 0.5) is 0 Å². The third-order valence-corrected chi connectivity index (χ3v) is 5.32. The molecule has 7 heteroatoms. The van der Waals surface area contributed by atoms with Gasteiger partial charge in [-0.1, -0.05) is 17.7 Å². The highest BCUT2D eigenvalue weighted by atomic mass is 16.5. The lowest BCUT2D eigenvalue weighted by Gasteiger charge is -2.19. The third-order valence-electron chi connectivity index (χ3n) is 5.32. The van der Waals surface area contributed by atoms with E-state index in [1.807, 2.05) is 55.5 Å². The van der Waals surface area contributed by atoms with Gasteiger partial charge in [-0.05, 0) is 55.5 Å². The van der Waals surface area contributed by atoms with Crippen molar-refractivity contribution in [3.05, 3.63) is 83.4 Å². The number of aromatic nitrogens is 2. The zero-order valence-corrected chi connectivity index (χ0v) is 19.0. The molecule has 4 rings (SSSR count). The second-order valence-electron chi connectivity index (χ2n) is 7.70. The van der Waals surface area contributed by atoms with Gasteiger partial charge in [-0.15, -0.1) is 10.2 Å². The lowest BCUT2D eigenvalue weighted by molar-refractivity contribution is 0.0784. The lowest BCUT2D eigenvalue weighted by atomic mass is 10.1. The van der Waals surface area contributed by atoms with Gasteiger partial charge in [0.2, 0.25) is 11.8 Å². The molecule has 0 bridgehead atoms. The molecule has 0 aliphatic heterocycles. The maximum atomic E-state index is 12.9. The Morgan fingerprint density at radius 1 is 0.909 bits per heavy atom. The van der Waals surface area contributed by atoms with E-state index < -0.39 is 0 Å². The van der Waals surface area contributed by atoms with E-state index in [0.717, 1.165) is 22.3 Å². The first kappa shape index (κ1) is 22.1. The van der Waals surface area contributed by atoms with Crippen molar-refractivity contribution in [2.75, 3.05) is 21.3 Å². The van der Waals surface area contributed by atoms with E-state index in [9.17, 15) is 4.79 Å². The number of ether oxygens (including phenoxy) is 2. The van der Waals surface area contributed by atoms with Crippen molar-refractivity contribution in [2.24, 2.45) is 0 Å². The first-order chi connectivity index (χ1) is 16.0. The number of hydrogen-bond donors (Lipinski definition) is 0. The number of carbonyl (C=O) groups is 1. The standard InChI is InChI=1S/C26H25N3O4/c1-17-6-5-7-20(14-17)25-28-27-24(33-25)18-8-10-19(11-9-18)26(30)29(2)16-21-12-13-22(31-3)15-23(21)32-4/h5-15H,16H2,1-4H3. The van der Waals surface area contributed by atoms with E-state index in [2.05, 4.69) is 10.2 Å². The predicted molar refractivity (Wildman–Crippen MR) is 125 cm³/mol. The van der Waals surface area contributed by atoms with E-state index in [4.69, 9.17) is 13.9 Å². The number of methoxy groups -OCH3 is 2. The first-order valence-corrected chi connectivity index (χ1v) is 10.5. The van der Waals surface area contributed by atoms with Crippen LogP contribution < -0.4 is 9.47 Å². The highest BCUT2D eigenvalue weighted by Crippen LogP contribution is 2.27. The van der Waals surface area contributed by atoms with Gasteiger partial charge < -0.3 is 18.8 Å². The summed E-state index contributed by atoms with van der Waals surface area (Å²) in [4.78, 5) is 14.6. The van der Waals surface area contributed by atoms with Crippen molar-refractivity contribution in [3.63, 3.8) is 0 Å². The summed E-state index contributed by atoms with van der Waals surface area (Å²) in [6.45, 7) is 2.41. The van der Waals surface area contributed by atoms with Crippen LogP contribution in [0.5, 0.6) is 11.5 Å². The zero-order valence-electron chi connectivity index (χ0n) is 19.0. The van der Waals surface area contributed by atoms with E-state index in [-0.39, 0.29) is 5.91 Å². The topological polar surface area (TPSA) is 77.7 Å². The molecule has 0 radical (unpaired) electrons. The summed E-state index contributed by atoms with van der Waals surface area (Å²) < 4.78 is 16.5. The van der Waals surface area contributed by atoms with E-state index >= 15 is 0 Å². The Bertz CT molecular complexity index is 1260. The Labute approximate surface area is 192 Å². The Morgan fingerprint density at radius 3 is 2.30 bits per heavy atom. The Balaban J connectivity index is 1.47. The second kappa shape index (κ2) is 9.56. The van der Waals surface area contributed by atoms with E-state index in [1.54, 1.807) is 44.4 Å². The molecule has 7 nitrogen and oxygen atoms in total. The number of rotatable bonds is 7. The maximum Gasteiger partial charge on any atom is 0.253 e. The average molecular weight is 444 g/mol. The van der Waals surface area contributed by atoms with Gasteiger partial charge in [0, 0.05) is 41.9 Å². The van der Waals surface area contributed by atoms with Gasteiger partial charge >= 0.3 is 0 Å². The van der Waals surface area contributed by atoms with Crippen molar-refractivity contribution in [2.45, 2.75) is 13.5 Å². The Hall–Kier alpha value is -4.13. The third kappa shape index (κ3) is 4.87. The highest BCUT2D eigenvalue weighted by Gasteiger charge is 2.16. The van der Waals surface area contributed by atoms with Gasteiger partial charge in [0.1, 0.15) is 11.5 Å². The molecule has 0 saturated carbocycles. The van der Waals surface area contributed by atoms with Crippen molar-refractivity contribution in [1.29, 1.82) is 0 Å². The second-order valence-corrected chi connectivity index (χ2v) is 7.70. The molecule has 1 heterocycles. The SMILES string of the molecule is COc1ccc(CN(C)C(=O)c2ccc(-c3nnc(-c4cccc(C)c4)o3)cc2)c(OC)c1. The van der Waals surface area contributed by atoms with Gasteiger partial charge in [-0.3, -0.25) is 4.79 Å². The molecule has 0 N–H and O–H groups in total. The molecule has 0 spiro atoms. The van der Waals surface area contributed by atoms with Gasteiger partial charge in [-0.25, -0.2) is 0 Å². The van der Waals surface area contributed by atoms with Gasteiger partial charge in [0.15, 0.2) is 0 Å². The van der Waals surface area contributed by atoms with Crippen LogP contribution in [0.1, 0.15) is 21.5 Å². The van der Waals surface area contributed by atoms with Crippen LogP contribution in [0.15, 0.2) is 71.1 Å². The molecule has 0 unspecified atom stereocenters.